The van der Waals surface area contributed by atoms with E-state index >= 15 is 0 Å². The molecule has 5 nitrogen and oxygen atoms in total. The predicted molar refractivity (Wildman–Crippen MR) is 62.6 cm³/mol. The predicted octanol–water partition coefficient (Wildman–Crippen LogP) is 1.75. The molecule has 0 amide bonds. The van der Waals surface area contributed by atoms with Gasteiger partial charge in [0, 0.05) is 5.69 Å². The van der Waals surface area contributed by atoms with Gasteiger partial charge in [0.1, 0.15) is 0 Å². The lowest BCUT2D eigenvalue weighted by molar-refractivity contribution is 0.0591. The van der Waals surface area contributed by atoms with Crippen LogP contribution in [0.5, 0.6) is 5.75 Å². The molecular weight excluding hydrogens is 220 g/mol. The van der Waals surface area contributed by atoms with Crippen molar-refractivity contribution in [1.29, 1.82) is 0 Å². The van der Waals surface area contributed by atoms with Crippen LogP contribution in [0.3, 0.4) is 0 Å². The topological polar surface area (TPSA) is 52.8 Å². The normalized spacial score (nSPS) is 10.6. The van der Waals surface area contributed by atoms with Crippen molar-refractivity contribution in [2.24, 2.45) is 0 Å². The fraction of sp³-hybridized carbons (Fsp3) is 0.333. The Kier molecular flexibility index (Phi) is 2.75. The number of pyridine rings is 1. The number of aryl methyl sites for hydroxylation is 2. The maximum atomic E-state index is 11.7. The van der Waals surface area contributed by atoms with Crippen molar-refractivity contribution < 1.29 is 14.3 Å². The lowest BCUT2D eigenvalue weighted by atomic mass is 10.3. The highest BCUT2D eigenvalue weighted by Gasteiger charge is 2.20. The Morgan fingerprint density at radius 2 is 2.00 bits per heavy atom. The van der Waals surface area contributed by atoms with Crippen LogP contribution in [0.2, 0.25) is 0 Å². The largest absolute Gasteiger partial charge is 0.493 e. The van der Waals surface area contributed by atoms with Crippen LogP contribution >= 0.6 is 0 Å². The van der Waals surface area contributed by atoms with Crippen LogP contribution in [0, 0.1) is 13.8 Å². The fourth-order valence-electron chi connectivity index (χ4n) is 1.88. The second-order valence-corrected chi connectivity index (χ2v) is 3.74. The third-order valence-corrected chi connectivity index (χ3v) is 2.70. The van der Waals surface area contributed by atoms with E-state index in [1.807, 2.05) is 19.1 Å². The Morgan fingerprint density at radius 3 is 2.59 bits per heavy atom. The van der Waals surface area contributed by atoms with Gasteiger partial charge in [-0.2, -0.15) is 0 Å². The van der Waals surface area contributed by atoms with E-state index in [0.29, 0.717) is 22.8 Å². The molecule has 0 radical (unpaired) electrons. The Labute approximate surface area is 99.0 Å². The fourth-order valence-corrected chi connectivity index (χ4v) is 1.88. The van der Waals surface area contributed by atoms with Crippen LogP contribution in [0.25, 0.3) is 5.65 Å². The van der Waals surface area contributed by atoms with Gasteiger partial charge in [-0.25, -0.2) is 9.78 Å². The summed E-state index contributed by atoms with van der Waals surface area (Å²) in [7, 11) is 2.93. The number of esters is 1. The van der Waals surface area contributed by atoms with E-state index in [0.717, 1.165) is 5.69 Å². The number of rotatable bonds is 2. The Balaban J connectivity index is 2.85. The minimum atomic E-state index is -0.397. The van der Waals surface area contributed by atoms with Crippen LogP contribution in [0.1, 0.15) is 21.9 Å². The molecule has 2 aromatic heterocycles. The lowest BCUT2D eigenvalue weighted by Gasteiger charge is -2.07. The van der Waals surface area contributed by atoms with E-state index < -0.39 is 5.97 Å². The summed E-state index contributed by atoms with van der Waals surface area (Å²) in [6, 6.07) is 3.71. The zero-order valence-corrected chi connectivity index (χ0v) is 10.3. The second-order valence-electron chi connectivity index (χ2n) is 3.74. The van der Waals surface area contributed by atoms with Crippen LogP contribution in [0.15, 0.2) is 12.1 Å². The molecule has 0 atom stereocenters. The van der Waals surface area contributed by atoms with Crippen molar-refractivity contribution in [2.75, 3.05) is 14.2 Å². The summed E-state index contributed by atoms with van der Waals surface area (Å²) in [6.07, 6.45) is 0. The number of hydrogen-bond acceptors (Lipinski definition) is 4. The van der Waals surface area contributed by atoms with E-state index in [2.05, 4.69) is 4.98 Å². The zero-order chi connectivity index (χ0) is 12.6. The summed E-state index contributed by atoms with van der Waals surface area (Å²) in [5.74, 6) is 0.236. The van der Waals surface area contributed by atoms with Crippen molar-refractivity contribution in [3.05, 3.63) is 29.2 Å². The number of fused-ring (bicyclic) bond motifs is 1. The van der Waals surface area contributed by atoms with Crippen LogP contribution in [-0.2, 0) is 4.74 Å². The number of nitrogens with zero attached hydrogens (tertiary/aromatic N) is 2. The molecule has 0 aliphatic carbocycles. The summed E-state index contributed by atoms with van der Waals surface area (Å²) in [5, 5.41) is 0. The maximum Gasteiger partial charge on any atom is 0.356 e. The molecule has 0 saturated heterocycles. The van der Waals surface area contributed by atoms with Crippen molar-refractivity contribution in [3.63, 3.8) is 0 Å². The van der Waals surface area contributed by atoms with Gasteiger partial charge < -0.3 is 9.47 Å². The molecule has 90 valence electrons. The molecule has 0 aliphatic heterocycles. The van der Waals surface area contributed by atoms with Crippen molar-refractivity contribution in [3.8, 4) is 5.75 Å². The molecule has 2 aromatic rings. The maximum absolute atomic E-state index is 11.7. The molecule has 0 aliphatic rings. The molecular formula is C12H14N2O3. The van der Waals surface area contributed by atoms with Gasteiger partial charge in [0.05, 0.1) is 19.9 Å². The Morgan fingerprint density at radius 1 is 1.29 bits per heavy atom. The monoisotopic (exact) mass is 234 g/mol. The van der Waals surface area contributed by atoms with E-state index in [-0.39, 0.29) is 0 Å². The highest BCUT2D eigenvalue weighted by molar-refractivity contribution is 5.90. The molecule has 5 heteroatoms. The number of carbonyl (C=O) groups excluding carboxylic acids is 1. The molecule has 0 saturated carbocycles. The van der Waals surface area contributed by atoms with Gasteiger partial charge in [-0.3, -0.25) is 4.40 Å². The summed E-state index contributed by atoms with van der Waals surface area (Å²) >= 11 is 0. The van der Waals surface area contributed by atoms with Crippen LogP contribution < -0.4 is 4.74 Å². The second kappa shape index (κ2) is 4.08. The minimum Gasteiger partial charge on any atom is -0.493 e. The number of ether oxygens (including phenoxy) is 2. The zero-order valence-electron chi connectivity index (χ0n) is 10.3. The molecule has 0 unspecified atom stereocenters. The van der Waals surface area contributed by atoms with E-state index in [4.69, 9.17) is 9.47 Å². The van der Waals surface area contributed by atoms with Gasteiger partial charge in [0.25, 0.3) is 0 Å². The highest BCUT2D eigenvalue weighted by Crippen LogP contribution is 2.24. The van der Waals surface area contributed by atoms with Gasteiger partial charge in [0.15, 0.2) is 17.1 Å². The summed E-state index contributed by atoms with van der Waals surface area (Å²) < 4.78 is 11.8. The van der Waals surface area contributed by atoms with Crippen molar-refractivity contribution in [1.82, 2.24) is 9.38 Å². The number of methoxy groups -OCH3 is 2. The average Bonchev–Trinajstić information content (AvgIpc) is 2.67. The standard InChI is InChI=1S/C12H14N2O3/c1-7-5-6-9(16-3)11-13-8(2)10(14(7)11)12(15)17-4/h5-6H,1-4H3. The first kappa shape index (κ1) is 11.4. The van der Waals surface area contributed by atoms with Gasteiger partial charge in [-0.15, -0.1) is 0 Å². The third-order valence-electron chi connectivity index (χ3n) is 2.70. The van der Waals surface area contributed by atoms with Gasteiger partial charge in [-0.1, -0.05) is 0 Å². The first-order valence-corrected chi connectivity index (χ1v) is 5.21. The molecule has 17 heavy (non-hydrogen) atoms. The summed E-state index contributed by atoms with van der Waals surface area (Å²) in [5.41, 5.74) is 2.61. The van der Waals surface area contributed by atoms with Crippen molar-refractivity contribution in [2.45, 2.75) is 13.8 Å². The van der Waals surface area contributed by atoms with Crippen LogP contribution in [0.4, 0.5) is 0 Å². The average molecular weight is 234 g/mol. The molecule has 0 bridgehead atoms. The van der Waals surface area contributed by atoms with Gasteiger partial charge in [0.2, 0.25) is 0 Å². The summed E-state index contributed by atoms with van der Waals surface area (Å²) in [6.45, 7) is 3.68. The Bertz CT molecular complexity index is 587. The van der Waals surface area contributed by atoms with Crippen LogP contribution in [-0.4, -0.2) is 29.6 Å². The van der Waals surface area contributed by atoms with Gasteiger partial charge >= 0.3 is 5.97 Å². The smallest absolute Gasteiger partial charge is 0.356 e. The minimum absolute atomic E-state index is 0.397. The Hall–Kier alpha value is -2.04. The number of hydrogen-bond donors (Lipinski definition) is 0. The van der Waals surface area contributed by atoms with Crippen molar-refractivity contribution >= 4 is 11.6 Å². The van der Waals surface area contributed by atoms with Gasteiger partial charge in [-0.05, 0) is 26.0 Å². The number of carbonyl (C=O) groups is 1. The first-order chi connectivity index (χ1) is 8.10. The molecule has 0 fully saturated rings. The van der Waals surface area contributed by atoms with E-state index in [1.54, 1.807) is 18.4 Å². The van der Waals surface area contributed by atoms with E-state index in [1.165, 1.54) is 7.11 Å². The quantitative estimate of drug-likeness (QED) is 0.743. The molecule has 2 heterocycles. The lowest BCUT2D eigenvalue weighted by Crippen LogP contribution is -2.08. The first-order valence-electron chi connectivity index (χ1n) is 5.21. The molecule has 0 spiro atoms. The molecule has 0 aromatic carbocycles. The van der Waals surface area contributed by atoms with E-state index in [9.17, 15) is 4.79 Å². The third kappa shape index (κ3) is 1.63. The SMILES string of the molecule is COC(=O)c1c(C)nc2c(OC)ccc(C)n12. The summed E-state index contributed by atoms with van der Waals surface area (Å²) in [4.78, 5) is 16.1. The molecule has 0 N–H and O–H groups in total. The number of aromatic nitrogens is 2. The number of imidazole rings is 1. The highest BCUT2D eigenvalue weighted by atomic mass is 16.5. The molecule has 2 rings (SSSR count).